The zero-order valence-corrected chi connectivity index (χ0v) is 19.4. The van der Waals surface area contributed by atoms with Gasteiger partial charge in [0.05, 0.1) is 0 Å². The van der Waals surface area contributed by atoms with E-state index in [0.717, 1.165) is 18.4 Å². The molecule has 1 aromatic carbocycles. The molecule has 0 amide bonds. The highest BCUT2D eigenvalue weighted by Gasteiger charge is 2.38. The predicted octanol–water partition coefficient (Wildman–Crippen LogP) is 8.00. The highest BCUT2D eigenvalue weighted by atomic mass is 127. The van der Waals surface area contributed by atoms with Gasteiger partial charge in [-0.05, 0) is 74.0 Å². The third-order valence-corrected chi connectivity index (χ3v) is 7.91. The molecule has 0 radical (unpaired) electrons. The summed E-state index contributed by atoms with van der Waals surface area (Å²) in [5, 5.41) is 10.3. The molecule has 1 nitrogen and oxygen atoms in total. The number of alkyl halides is 1. The van der Waals surface area contributed by atoms with E-state index >= 15 is 0 Å². The van der Waals surface area contributed by atoms with Crippen LogP contribution in [-0.4, -0.2) is 8.53 Å². The van der Waals surface area contributed by atoms with Crippen molar-refractivity contribution in [2.75, 3.05) is 0 Å². The first kappa shape index (κ1) is 22.0. The molecule has 148 valence electrons. The Morgan fingerprint density at radius 3 is 2.35 bits per heavy atom. The highest BCUT2D eigenvalue weighted by molar-refractivity contribution is 14.1. The molecule has 0 aromatic heterocycles. The highest BCUT2D eigenvalue weighted by Crippen LogP contribution is 2.49. The number of hydrogen-bond donors (Lipinski definition) is 1. The summed E-state index contributed by atoms with van der Waals surface area (Å²) in [6, 6.07) is 6.40. The average Bonchev–Trinajstić information content (AvgIpc) is 3.33. The molecule has 0 saturated heterocycles. The minimum absolute atomic E-state index is 0.496. The largest absolute Gasteiger partial charge is 0.508 e. The second-order valence-electron chi connectivity index (χ2n) is 9.25. The fraction of sp³-hybridized carbons (Fsp3) is 0.750. The lowest BCUT2D eigenvalue weighted by atomic mass is 9.84. The van der Waals surface area contributed by atoms with Crippen LogP contribution in [0.15, 0.2) is 18.2 Å². The molecular weight excluding hydrogens is 431 g/mol. The fourth-order valence-corrected chi connectivity index (χ4v) is 4.23. The van der Waals surface area contributed by atoms with Crippen molar-refractivity contribution in [3.63, 3.8) is 0 Å². The maximum atomic E-state index is 10.3. The molecular formula is C24H39IO. The molecule has 1 aromatic rings. The van der Waals surface area contributed by atoms with Crippen LogP contribution in [0.1, 0.15) is 103 Å². The van der Waals surface area contributed by atoms with Gasteiger partial charge in [-0.25, -0.2) is 0 Å². The van der Waals surface area contributed by atoms with E-state index in [4.69, 9.17) is 0 Å². The minimum Gasteiger partial charge on any atom is -0.508 e. The van der Waals surface area contributed by atoms with Crippen LogP contribution in [0.4, 0.5) is 0 Å². The molecule has 1 fully saturated rings. The first-order chi connectivity index (χ1) is 12.3. The van der Waals surface area contributed by atoms with Crippen LogP contribution in [0.2, 0.25) is 0 Å². The molecule has 0 heterocycles. The number of phenols is 1. The van der Waals surface area contributed by atoms with E-state index in [-0.39, 0.29) is 0 Å². The molecule has 0 bridgehead atoms. The van der Waals surface area contributed by atoms with Crippen LogP contribution in [0.25, 0.3) is 0 Å². The number of hydrogen-bond acceptors (Lipinski definition) is 1. The Morgan fingerprint density at radius 2 is 1.69 bits per heavy atom. The van der Waals surface area contributed by atoms with Crippen LogP contribution in [-0.2, 0) is 12.8 Å². The third kappa shape index (κ3) is 8.19. The van der Waals surface area contributed by atoms with E-state index in [2.05, 4.69) is 55.5 Å². The van der Waals surface area contributed by atoms with Crippen molar-refractivity contribution in [2.45, 2.75) is 108 Å². The second kappa shape index (κ2) is 10.3. The van der Waals surface area contributed by atoms with E-state index in [1.807, 2.05) is 6.07 Å². The molecule has 0 aliphatic heterocycles. The Balaban J connectivity index is 1.61. The van der Waals surface area contributed by atoms with Crippen molar-refractivity contribution in [1.82, 2.24) is 0 Å². The number of aryl methyl sites for hydroxylation is 2. The molecule has 0 spiro atoms. The molecule has 2 rings (SSSR count). The van der Waals surface area contributed by atoms with Crippen LogP contribution < -0.4 is 0 Å². The monoisotopic (exact) mass is 470 g/mol. The van der Waals surface area contributed by atoms with Gasteiger partial charge in [-0.15, -0.1) is 0 Å². The van der Waals surface area contributed by atoms with Gasteiger partial charge in [-0.1, -0.05) is 87.6 Å². The van der Waals surface area contributed by atoms with Gasteiger partial charge in [0.2, 0.25) is 0 Å². The Bertz CT molecular complexity index is 545. The van der Waals surface area contributed by atoms with Gasteiger partial charge in [-0.3, -0.25) is 0 Å². The lowest BCUT2D eigenvalue weighted by Crippen LogP contribution is -2.08. The molecule has 2 heteroatoms. The Kier molecular flexibility index (Phi) is 8.76. The normalized spacial score (nSPS) is 16.0. The second-order valence-corrected chi connectivity index (χ2v) is 11.5. The molecule has 0 unspecified atom stereocenters. The lowest BCUT2D eigenvalue weighted by molar-refractivity contribution is 0.308. The molecule has 1 aliphatic rings. The molecule has 1 aliphatic carbocycles. The number of unbranched alkanes of at least 4 members (excludes halogenated alkanes) is 4. The van der Waals surface area contributed by atoms with Crippen molar-refractivity contribution >= 4 is 22.6 Å². The van der Waals surface area contributed by atoms with Crippen LogP contribution in [0.5, 0.6) is 5.75 Å². The minimum atomic E-state index is 0.496. The third-order valence-electron chi connectivity index (χ3n) is 6.29. The standard InChI is InChI=1S/C24H39IO/c1-4-23(2,3)15-9-5-7-11-20-13-14-21(22(26)19-20)12-8-6-10-16-24(25)17-18-24/h13-14,19,26H,4-12,15-18H2,1-3H3. The summed E-state index contributed by atoms with van der Waals surface area (Å²) in [5.74, 6) is 0.516. The number of rotatable bonds is 13. The number of aromatic hydroxyl groups is 1. The molecule has 1 N–H and O–H groups in total. The van der Waals surface area contributed by atoms with E-state index in [9.17, 15) is 5.11 Å². The van der Waals surface area contributed by atoms with Gasteiger partial charge in [-0.2, -0.15) is 0 Å². The maximum absolute atomic E-state index is 10.3. The van der Waals surface area contributed by atoms with Gasteiger partial charge >= 0.3 is 0 Å². The van der Waals surface area contributed by atoms with Crippen LogP contribution in [0, 0.1) is 5.41 Å². The van der Waals surface area contributed by atoms with Crippen molar-refractivity contribution in [1.29, 1.82) is 0 Å². The summed E-state index contributed by atoms with van der Waals surface area (Å²) in [7, 11) is 0. The van der Waals surface area contributed by atoms with Gasteiger partial charge in [0.15, 0.2) is 0 Å². The van der Waals surface area contributed by atoms with Gasteiger partial charge < -0.3 is 5.11 Å². The quantitative estimate of drug-likeness (QED) is 0.176. The maximum Gasteiger partial charge on any atom is 0.119 e. The fourth-order valence-electron chi connectivity index (χ4n) is 3.58. The zero-order chi connectivity index (χ0) is 19.0. The van der Waals surface area contributed by atoms with E-state index < -0.39 is 0 Å². The van der Waals surface area contributed by atoms with E-state index in [1.165, 1.54) is 76.2 Å². The molecule has 26 heavy (non-hydrogen) atoms. The van der Waals surface area contributed by atoms with Crippen LogP contribution >= 0.6 is 22.6 Å². The molecule has 0 atom stereocenters. The summed E-state index contributed by atoms with van der Waals surface area (Å²) < 4.78 is 0.661. The smallest absolute Gasteiger partial charge is 0.119 e. The van der Waals surface area contributed by atoms with Crippen molar-refractivity contribution in [2.24, 2.45) is 5.41 Å². The summed E-state index contributed by atoms with van der Waals surface area (Å²) >= 11 is 2.64. The Labute approximate surface area is 175 Å². The van der Waals surface area contributed by atoms with Gasteiger partial charge in [0, 0.05) is 3.42 Å². The SMILES string of the molecule is CCC(C)(C)CCCCCc1ccc(CCCCCC2(I)CC2)c(O)c1. The van der Waals surface area contributed by atoms with Crippen LogP contribution in [0.3, 0.4) is 0 Å². The first-order valence-corrected chi connectivity index (χ1v) is 11.9. The summed E-state index contributed by atoms with van der Waals surface area (Å²) in [4.78, 5) is 0. The Hall–Kier alpha value is -0.250. The Morgan fingerprint density at radius 1 is 1.00 bits per heavy atom. The van der Waals surface area contributed by atoms with Crippen molar-refractivity contribution in [3.8, 4) is 5.75 Å². The lowest BCUT2D eigenvalue weighted by Gasteiger charge is -2.22. The van der Waals surface area contributed by atoms with E-state index in [1.54, 1.807) is 0 Å². The number of halogens is 1. The summed E-state index contributed by atoms with van der Waals surface area (Å²) in [5.41, 5.74) is 2.92. The first-order valence-electron chi connectivity index (χ1n) is 10.8. The summed E-state index contributed by atoms with van der Waals surface area (Å²) in [6.07, 6.45) is 16.6. The number of phenolic OH excluding ortho intramolecular Hbond substituents is 1. The summed E-state index contributed by atoms with van der Waals surface area (Å²) in [6.45, 7) is 7.03. The van der Waals surface area contributed by atoms with E-state index in [0.29, 0.717) is 14.6 Å². The van der Waals surface area contributed by atoms with Gasteiger partial charge in [0.1, 0.15) is 5.75 Å². The number of benzene rings is 1. The van der Waals surface area contributed by atoms with Crippen molar-refractivity contribution < 1.29 is 5.11 Å². The average molecular weight is 470 g/mol. The zero-order valence-electron chi connectivity index (χ0n) is 17.2. The molecule has 1 saturated carbocycles. The predicted molar refractivity (Wildman–Crippen MR) is 123 cm³/mol. The van der Waals surface area contributed by atoms with Gasteiger partial charge in [0.25, 0.3) is 0 Å². The topological polar surface area (TPSA) is 20.2 Å². The van der Waals surface area contributed by atoms with Crippen molar-refractivity contribution in [3.05, 3.63) is 29.3 Å².